The first-order valence-corrected chi connectivity index (χ1v) is 2.60. The van der Waals surface area contributed by atoms with Gasteiger partial charge in [0.25, 0.3) is 0 Å². The summed E-state index contributed by atoms with van der Waals surface area (Å²) in [6.45, 7) is 1.90. The molecule has 48 valence electrons. The molecule has 0 aliphatic carbocycles. The fourth-order valence-electron chi connectivity index (χ4n) is 0.315. The van der Waals surface area contributed by atoms with Crippen molar-refractivity contribution in [2.75, 3.05) is 13.2 Å². The maximum Gasteiger partial charge on any atom is 0.0912 e. The lowest BCUT2D eigenvalue weighted by Crippen LogP contribution is -2.05. The summed E-state index contributed by atoms with van der Waals surface area (Å²) < 4.78 is 11.3. The largest absolute Gasteiger partial charge is 0.388 e. The van der Waals surface area contributed by atoms with Crippen LogP contribution in [0.5, 0.6) is 0 Å². The fourth-order valence-corrected chi connectivity index (χ4v) is 0.315. The van der Waals surface area contributed by atoms with Crippen molar-refractivity contribution in [1.82, 2.24) is 0 Å². The minimum absolute atomic E-state index is 0.309. The van der Waals surface area contributed by atoms with E-state index in [-0.39, 0.29) is 6.67 Å². The summed E-state index contributed by atoms with van der Waals surface area (Å²) in [7, 11) is 0. The third kappa shape index (κ3) is 5.40. The van der Waals surface area contributed by atoms with Crippen molar-refractivity contribution in [2.24, 2.45) is 10.7 Å². The molecule has 0 rings (SSSR count). The van der Waals surface area contributed by atoms with Gasteiger partial charge < -0.3 is 5.73 Å². The number of alkyl halides is 1. The van der Waals surface area contributed by atoms with Gasteiger partial charge in [-0.2, -0.15) is 0 Å². The van der Waals surface area contributed by atoms with Crippen LogP contribution in [0, 0.1) is 0 Å². The zero-order chi connectivity index (χ0) is 6.41. The van der Waals surface area contributed by atoms with Gasteiger partial charge in [-0.1, -0.05) is 0 Å². The molecule has 2 N–H and O–H groups in total. The number of hydrogen-bond donors (Lipinski definition) is 1. The Balaban J connectivity index is 3.03. The maximum atomic E-state index is 11.3. The Kier molecular flexibility index (Phi) is 4.21. The Morgan fingerprint density at radius 3 is 2.75 bits per heavy atom. The lowest BCUT2D eigenvalue weighted by atomic mass is 10.5. The topological polar surface area (TPSA) is 38.4 Å². The van der Waals surface area contributed by atoms with E-state index in [0.29, 0.717) is 18.8 Å². The van der Waals surface area contributed by atoms with E-state index in [0.717, 1.165) is 0 Å². The van der Waals surface area contributed by atoms with Crippen LogP contribution in [0.15, 0.2) is 4.99 Å². The van der Waals surface area contributed by atoms with Crippen molar-refractivity contribution in [3.63, 3.8) is 0 Å². The molecule has 0 aromatic heterocycles. The maximum absolute atomic E-state index is 11.3. The third-order valence-corrected chi connectivity index (χ3v) is 0.653. The Hall–Kier alpha value is -0.600. The molecular formula is C5H11FN2. The number of nitrogens with zero attached hydrogens (tertiary/aromatic N) is 1. The van der Waals surface area contributed by atoms with Crippen LogP contribution in [0.2, 0.25) is 0 Å². The van der Waals surface area contributed by atoms with Gasteiger partial charge in [0.05, 0.1) is 12.5 Å². The fraction of sp³-hybridized carbons (Fsp3) is 0.800. The monoisotopic (exact) mass is 118 g/mol. The number of aliphatic imine (C=N–C) groups is 1. The van der Waals surface area contributed by atoms with E-state index in [4.69, 9.17) is 5.73 Å². The average molecular weight is 118 g/mol. The molecule has 0 aromatic rings. The van der Waals surface area contributed by atoms with Gasteiger partial charge in [0.1, 0.15) is 0 Å². The second-order valence-corrected chi connectivity index (χ2v) is 1.57. The molecule has 0 saturated heterocycles. The van der Waals surface area contributed by atoms with Gasteiger partial charge in [-0.05, 0) is 13.3 Å². The lowest BCUT2D eigenvalue weighted by molar-refractivity contribution is 0.477. The summed E-state index contributed by atoms with van der Waals surface area (Å²) in [5.41, 5.74) is 5.16. The molecule has 0 atom stereocenters. The van der Waals surface area contributed by atoms with E-state index in [1.54, 1.807) is 6.92 Å². The molecule has 0 amide bonds. The molecular weight excluding hydrogens is 107 g/mol. The second kappa shape index (κ2) is 4.56. The van der Waals surface area contributed by atoms with Crippen molar-refractivity contribution in [2.45, 2.75) is 13.3 Å². The standard InChI is InChI=1S/C5H11FN2/c1-5(7)8-4-2-3-6/h2-4H2,1H3,(H2,7,8). The minimum Gasteiger partial charge on any atom is -0.388 e. The van der Waals surface area contributed by atoms with Crippen LogP contribution in [0.25, 0.3) is 0 Å². The van der Waals surface area contributed by atoms with Crippen LogP contribution in [0.3, 0.4) is 0 Å². The Morgan fingerprint density at radius 1 is 1.75 bits per heavy atom. The molecule has 0 unspecified atom stereocenters. The van der Waals surface area contributed by atoms with Crippen molar-refractivity contribution >= 4 is 5.84 Å². The Labute approximate surface area is 48.6 Å². The molecule has 0 saturated carbocycles. The zero-order valence-electron chi connectivity index (χ0n) is 5.02. The first-order chi connectivity index (χ1) is 3.77. The highest BCUT2D eigenvalue weighted by atomic mass is 19.1. The first-order valence-electron chi connectivity index (χ1n) is 2.60. The van der Waals surface area contributed by atoms with Gasteiger partial charge in [0.15, 0.2) is 0 Å². The first kappa shape index (κ1) is 7.40. The smallest absolute Gasteiger partial charge is 0.0912 e. The number of rotatable bonds is 3. The van der Waals surface area contributed by atoms with Gasteiger partial charge in [-0.15, -0.1) is 0 Å². The predicted molar refractivity (Wildman–Crippen MR) is 32.8 cm³/mol. The summed E-state index contributed by atoms with van der Waals surface area (Å²) in [5, 5.41) is 0. The summed E-state index contributed by atoms with van der Waals surface area (Å²) in [5.74, 6) is 0.526. The third-order valence-electron chi connectivity index (χ3n) is 0.653. The molecule has 3 heteroatoms. The number of hydrogen-bond acceptors (Lipinski definition) is 1. The summed E-state index contributed by atoms with van der Waals surface area (Å²) in [4.78, 5) is 3.77. The molecule has 0 fully saturated rings. The van der Waals surface area contributed by atoms with Crippen molar-refractivity contribution in [3.05, 3.63) is 0 Å². The van der Waals surface area contributed by atoms with Crippen molar-refractivity contribution in [3.8, 4) is 0 Å². The normalized spacial score (nSPS) is 12.0. The highest BCUT2D eigenvalue weighted by molar-refractivity contribution is 5.77. The average Bonchev–Trinajstić information content (AvgIpc) is 1.66. The van der Waals surface area contributed by atoms with E-state index in [1.807, 2.05) is 0 Å². The van der Waals surface area contributed by atoms with Crippen LogP contribution < -0.4 is 5.73 Å². The van der Waals surface area contributed by atoms with E-state index in [9.17, 15) is 4.39 Å². The van der Waals surface area contributed by atoms with Crippen LogP contribution in [-0.2, 0) is 0 Å². The molecule has 0 aromatic carbocycles. The predicted octanol–water partition coefficient (Wildman–Crippen LogP) is 0.723. The molecule has 0 spiro atoms. The van der Waals surface area contributed by atoms with E-state index < -0.39 is 0 Å². The van der Waals surface area contributed by atoms with Crippen molar-refractivity contribution in [1.29, 1.82) is 0 Å². The summed E-state index contributed by atoms with van der Waals surface area (Å²) >= 11 is 0. The molecule has 0 aliphatic heterocycles. The SMILES string of the molecule is CC(N)=NCCCF. The molecule has 2 nitrogen and oxygen atoms in total. The van der Waals surface area contributed by atoms with Crippen LogP contribution in [-0.4, -0.2) is 19.1 Å². The number of nitrogens with two attached hydrogens (primary N) is 1. The van der Waals surface area contributed by atoms with Gasteiger partial charge >= 0.3 is 0 Å². The molecule has 0 radical (unpaired) electrons. The van der Waals surface area contributed by atoms with Gasteiger partial charge in [0.2, 0.25) is 0 Å². The summed E-state index contributed by atoms with van der Waals surface area (Å²) in [6.07, 6.45) is 0.481. The van der Waals surface area contributed by atoms with Gasteiger partial charge in [0, 0.05) is 6.54 Å². The van der Waals surface area contributed by atoms with Gasteiger partial charge in [-0.25, -0.2) is 0 Å². The van der Waals surface area contributed by atoms with Crippen LogP contribution in [0.4, 0.5) is 4.39 Å². The number of amidine groups is 1. The molecule has 0 heterocycles. The van der Waals surface area contributed by atoms with E-state index in [2.05, 4.69) is 4.99 Å². The van der Waals surface area contributed by atoms with Crippen LogP contribution in [0.1, 0.15) is 13.3 Å². The Bertz CT molecular complexity index is 76.5. The number of halogens is 1. The highest BCUT2D eigenvalue weighted by Gasteiger charge is 1.80. The van der Waals surface area contributed by atoms with Gasteiger partial charge in [-0.3, -0.25) is 9.38 Å². The second-order valence-electron chi connectivity index (χ2n) is 1.57. The molecule has 8 heavy (non-hydrogen) atoms. The quantitative estimate of drug-likeness (QED) is 0.331. The van der Waals surface area contributed by atoms with E-state index >= 15 is 0 Å². The minimum atomic E-state index is -0.309. The van der Waals surface area contributed by atoms with E-state index in [1.165, 1.54) is 0 Å². The Morgan fingerprint density at radius 2 is 2.38 bits per heavy atom. The lowest BCUT2D eigenvalue weighted by Gasteiger charge is -1.88. The highest BCUT2D eigenvalue weighted by Crippen LogP contribution is 1.80. The molecule has 0 aliphatic rings. The zero-order valence-corrected chi connectivity index (χ0v) is 5.02. The van der Waals surface area contributed by atoms with Crippen molar-refractivity contribution < 1.29 is 4.39 Å². The molecule has 0 bridgehead atoms. The van der Waals surface area contributed by atoms with Crippen LogP contribution >= 0.6 is 0 Å². The summed E-state index contributed by atoms with van der Waals surface area (Å²) in [6, 6.07) is 0.